The molecular weight excluding hydrogens is 660 g/mol. The number of esters is 1. The molecule has 10 nitrogen and oxygen atoms in total. The highest BCUT2D eigenvalue weighted by Crippen LogP contribution is 2.44. The molecular formula is C35H27FN2O8S2. The summed E-state index contributed by atoms with van der Waals surface area (Å²) in [7, 11) is -5.43. The van der Waals surface area contributed by atoms with Gasteiger partial charge in [0, 0.05) is 22.0 Å². The van der Waals surface area contributed by atoms with Gasteiger partial charge < -0.3 is 14.7 Å². The molecule has 4 aromatic carbocycles. The molecule has 244 valence electrons. The number of hydrogen-bond donors (Lipinski definition) is 0. The molecule has 13 heteroatoms. The van der Waals surface area contributed by atoms with E-state index in [9.17, 15) is 27.0 Å². The normalized spacial score (nSPS) is 14.2. The van der Waals surface area contributed by atoms with Crippen molar-refractivity contribution >= 4 is 43.8 Å². The largest absolute Gasteiger partial charge is 0.461 e. The number of aromatic nitrogens is 2. The molecule has 5 aromatic rings. The standard InChI is InChI=1S/C35H27FN2O8S2/c1-22-30(18-23-11-14-27(15-12-23)47(2)41)29-16-13-25(36)19-32(29)31(22)20-33(39)44-21-24-7-6-8-26(17-24)45-34-35(38(40)46-37-34)48(42,43)28-9-4-3-5-10-28/h3-19H,20-21H2,1-2H3/b30-18-. The van der Waals surface area contributed by atoms with Crippen LogP contribution in [-0.2, 0) is 36.8 Å². The summed E-state index contributed by atoms with van der Waals surface area (Å²) >= 11 is 0. The van der Waals surface area contributed by atoms with Crippen LogP contribution in [0.3, 0.4) is 0 Å². The van der Waals surface area contributed by atoms with E-state index in [1.54, 1.807) is 42.7 Å². The molecule has 6 rings (SSSR count). The van der Waals surface area contributed by atoms with Gasteiger partial charge in [-0.3, -0.25) is 13.6 Å². The Morgan fingerprint density at radius 2 is 1.75 bits per heavy atom. The van der Waals surface area contributed by atoms with Gasteiger partial charge in [-0.2, -0.15) is 0 Å². The van der Waals surface area contributed by atoms with Crippen molar-refractivity contribution in [2.45, 2.75) is 34.8 Å². The van der Waals surface area contributed by atoms with Gasteiger partial charge in [0.2, 0.25) is 0 Å². The second kappa shape index (κ2) is 13.4. The summed E-state index contributed by atoms with van der Waals surface area (Å²) in [4.78, 5) is 13.4. The van der Waals surface area contributed by atoms with Crippen molar-refractivity contribution in [3.8, 4) is 11.6 Å². The average molecular weight is 687 g/mol. The maximum atomic E-state index is 14.4. The maximum Gasteiger partial charge on any atom is 0.420 e. The Labute approximate surface area is 277 Å². The number of allylic oxidation sites excluding steroid dienone is 2. The van der Waals surface area contributed by atoms with Gasteiger partial charge in [0.1, 0.15) is 18.2 Å². The first-order valence-corrected chi connectivity index (χ1v) is 17.5. The molecule has 0 saturated carbocycles. The van der Waals surface area contributed by atoms with Crippen LogP contribution in [0.5, 0.6) is 11.6 Å². The monoisotopic (exact) mass is 686 g/mol. The Hall–Kier alpha value is -5.40. The SMILES string of the molecule is CC1=C(CC(=O)OCc2cccc(Oc3no[n+]([O-])c3S(=O)(=O)c3ccccc3)c2)c2cc(F)ccc2/C1=C\c1ccc(S(C)=O)cc1. The van der Waals surface area contributed by atoms with Crippen molar-refractivity contribution < 1.29 is 40.8 Å². The number of carbonyl (C=O) groups is 1. The number of hydrogen-bond acceptors (Lipinski definition) is 9. The third-order valence-electron chi connectivity index (χ3n) is 7.67. The Kier molecular flexibility index (Phi) is 9.07. The summed E-state index contributed by atoms with van der Waals surface area (Å²) in [5, 5.41) is 14.9. The van der Waals surface area contributed by atoms with Gasteiger partial charge in [0.25, 0.3) is 9.84 Å². The van der Waals surface area contributed by atoms with Crippen LogP contribution < -0.4 is 9.64 Å². The van der Waals surface area contributed by atoms with Crippen molar-refractivity contribution in [2.75, 3.05) is 6.26 Å². The lowest BCUT2D eigenvalue weighted by atomic mass is 10.0. The van der Waals surface area contributed by atoms with Gasteiger partial charge in [-0.15, -0.1) is 0 Å². The number of fused-ring (bicyclic) bond motifs is 1. The highest BCUT2D eigenvalue weighted by molar-refractivity contribution is 7.91. The predicted octanol–water partition coefficient (Wildman–Crippen LogP) is 6.27. The van der Waals surface area contributed by atoms with E-state index in [2.05, 4.69) is 9.79 Å². The lowest BCUT2D eigenvalue weighted by molar-refractivity contribution is -0.832. The fraction of sp³-hybridized carbons (Fsp3) is 0.114. The van der Waals surface area contributed by atoms with Crippen molar-refractivity contribution in [3.63, 3.8) is 0 Å². The Bertz CT molecular complexity index is 2230. The second-order valence-corrected chi connectivity index (χ2v) is 14.1. The van der Waals surface area contributed by atoms with E-state index in [0.29, 0.717) is 21.6 Å². The summed E-state index contributed by atoms with van der Waals surface area (Å²) in [5.74, 6) is -1.43. The van der Waals surface area contributed by atoms with Crippen LogP contribution in [0.2, 0.25) is 0 Å². The average Bonchev–Trinajstić information content (AvgIpc) is 3.56. The van der Waals surface area contributed by atoms with Crippen LogP contribution in [-0.4, -0.2) is 30.0 Å². The molecule has 0 bridgehead atoms. The highest BCUT2D eigenvalue weighted by atomic mass is 32.2. The van der Waals surface area contributed by atoms with Gasteiger partial charge in [0.15, 0.2) is 0 Å². The van der Waals surface area contributed by atoms with Crippen molar-refractivity contribution in [2.24, 2.45) is 0 Å². The number of nitrogens with zero attached hydrogens (tertiary/aromatic N) is 2. The molecule has 1 unspecified atom stereocenters. The summed E-state index contributed by atoms with van der Waals surface area (Å²) in [5.41, 5.74) is 5.02. The Balaban J connectivity index is 1.18. The molecule has 48 heavy (non-hydrogen) atoms. The molecule has 1 aromatic heterocycles. The first kappa shape index (κ1) is 32.5. The van der Waals surface area contributed by atoms with Crippen LogP contribution in [0, 0.1) is 11.0 Å². The smallest absolute Gasteiger partial charge is 0.420 e. The van der Waals surface area contributed by atoms with E-state index in [0.717, 1.165) is 22.3 Å². The van der Waals surface area contributed by atoms with E-state index >= 15 is 0 Å². The van der Waals surface area contributed by atoms with E-state index in [1.807, 2.05) is 25.1 Å². The lowest BCUT2D eigenvalue weighted by Crippen LogP contribution is -2.30. The quantitative estimate of drug-likeness (QED) is 0.123. The summed E-state index contributed by atoms with van der Waals surface area (Å²) in [6.45, 7) is 1.71. The van der Waals surface area contributed by atoms with Crippen molar-refractivity contribution in [1.29, 1.82) is 0 Å². The summed E-state index contributed by atoms with van der Waals surface area (Å²) < 4.78 is 68.0. The van der Waals surface area contributed by atoms with Crippen molar-refractivity contribution in [3.05, 3.63) is 136 Å². The zero-order valence-corrected chi connectivity index (χ0v) is 27.2. The fourth-order valence-electron chi connectivity index (χ4n) is 5.29. The molecule has 0 amide bonds. The molecule has 0 spiro atoms. The molecule has 0 aliphatic heterocycles. The fourth-order valence-corrected chi connectivity index (χ4v) is 7.08. The second-order valence-electron chi connectivity index (χ2n) is 10.8. The van der Waals surface area contributed by atoms with E-state index < -0.39 is 43.3 Å². The van der Waals surface area contributed by atoms with Gasteiger partial charge >= 0.3 is 16.9 Å². The predicted molar refractivity (Wildman–Crippen MR) is 174 cm³/mol. The molecule has 1 aliphatic rings. The molecule has 1 heterocycles. The lowest BCUT2D eigenvalue weighted by Gasteiger charge is -2.09. The number of benzene rings is 4. The molecule has 0 saturated heterocycles. The minimum absolute atomic E-state index is 0.118. The summed E-state index contributed by atoms with van der Waals surface area (Å²) in [6, 6.07) is 25.3. The first-order valence-electron chi connectivity index (χ1n) is 14.5. The maximum absolute atomic E-state index is 14.4. The Morgan fingerprint density at radius 3 is 2.48 bits per heavy atom. The molecule has 0 radical (unpaired) electrons. The minimum Gasteiger partial charge on any atom is -0.461 e. The van der Waals surface area contributed by atoms with Crippen molar-refractivity contribution in [1.82, 2.24) is 5.16 Å². The molecule has 1 aliphatic carbocycles. The van der Waals surface area contributed by atoms with E-state index in [-0.39, 0.29) is 28.6 Å². The number of halogens is 1. The van der Waals surface area contributed by atoms with Crippen LogP contribution >= 0.6 is 0 Å². The molecule has 0 fully saturated rings. The Morgan fingerprint density at radius 1 is 1.00 bits per heavy atom. The number of rotatable bonds is 10. The molecule has 0 N–H and O–H groups in total. The zero-order valence-electron chi connectivity index (χ0n) is 25.6. The summed E-state index contributed by atoms with van der Waals surface area (Å²) in [6.07, 6.45) is 3.43. The van der Waals surface area contributed by atoms with Crippen LogP contribution in [0.4, 0.5) is 4.39 Å². The van der Waals surface area contributed by atoms with Gasteiger partial charge in [-0.1, -0.05) is 48.5 Å². The number of sulfone groups is 1. The van der Waals surface area contributed by atoms with E-state index in [4.69, 9.17) is 9.47 Å². The number of carbonyl (C=O) groups excluding carboxylic acids is 1. The third kappa shape index (κ3) is 6.68. The topological polar surface area (TPSA) is 140 Å². The van der Waals surface area contributed by atoms with Gasteiger partial charge in [-0.25, -0.2) is 12.8 Å². The van der Waals surface area contributed by atoms with Crippen LogP contribution in [0.25, 0.3) is 17.2 Å². The van der Waals surface area contributed by atoms with Crippen LogP contribution in [0.15, 0.2) is 122 Å². The third-order valence-corrected chi connectivity index (χ3v) is 10.3. The van der Waals surface area contributed by atoms with Gasteiger partial charge in [0.05, 0.1) is 16.5 Å². The molecule has 1 atom stereocenters. The van der Waals surface area contributed by atoms with Gasteiger partial charge in [-0.05, 0) is 105 Å². The van der Waals surface area contributed by atoms with E-state index in [1.165, 1.54) is 48.5 Å². The zero-order chi connectivity index (χ0) is 34.0. The highest BCUT2D eigenvalue weighted by Gasteiger charge is 2.36. The number of ether oxygens (including phenoxy) is 2. The minimum atomic E-state index is -4.32. The first-order chi connectivity index (χ1) is 23.0. The van der Waals surface area contributed by atoms with Crippen LogP contribution in [0.1, 0.15) is 35.6 Å².